The maximum atomic E-state index is 12.3. The molecule has 0 spiro atoms. The number of amides is 1. The summed E-state index contributed by atoms with van der Waals surface area (Å²) in [6.45, 7) is 3.03. The molecule has 0 bridgehead atoms. The number of carboxylic acid groups (broad SMARTS) is 1. The normalized spacial score (nSPS) is 22.0. The second-order valence-electron chi connectivity index (χ2n) is 5.58. The number of aliphatic carboxylic acids is 1. The van der Waals surface area contributed by atoms with E-state index in [1.54, 1.807) is 24.0 Å². The first-order valence-corrected chi connectivity index (χ1v) is 6.78. The Labute approximate surface area is 118 Å². The van der Waals surface area contributed by atoms with Gasteiger partial charge in [-0.2, -0.15) is 0 Å². The molecule has 5 nitrogen and oxygen atoms in total. The molecule has 1 amide bonds. The number of carboxylic acids is 1. The molecule has 1 heterocycles. The van der Waals surface area contributed by atoms with Crippen LogP contribution in [0.1, 0.15) is 29.3 Å². The lowest BCUT2D eigenvalue weighted by Crippen LogP contribution is -2.34. The molecule has 0 aromatic heterocycles. The third-order valence-electron chi connectivity index (χ3n) is 3.91. The van der Waals surface area contributed by atoms with E-state index in [9.17, 15) is 14.7 Å². The Morgan fingerprint density at radius 1 is 1.35 bits per heavy atom. The maximum Gasteiger partial charge on any atom is 0.311 e. The quantitative estimate of drug-likeness (QED) is 0.863. The van der Waals surface area contributed by atoms with E-state index in [0.29, 0.717) is 25.1 Å². The first-order valence-electron chi connectivity index (χ1n) is 6.78. The Hall–Kier alpha value is -1.88. The number of hydrogen-bond donors (Lipinski definition) is 2. The van der Waals surface area contributed by atoms with Crippen molar-refractivity contribution in [3.05, 3.63) is 35.4 Å². The van der Waals surface area contributed by atoms with Crippen molar-refractivity contribution in [2.45, 2.75) is 19.8 Å². The lowest BCUT2D eigenvalue weighted by Gasteiger charge is -2.20. The summed E-state index contributed by atoms with van der Waals surface area (Å²) in [6, 6.07) is 7.35. The van der Waals surface area contributed by atoms with Crippen LogP contribution in [0.2, 0.25) is 0 Å². The Balaban J connectivity index is 2.07. The molecule has 1 unspecified atom stereocenters. The molecule has 1 atom stereocenters. The number of likely N-dealkylation sites (tertiary alicyclic amines) is 1. The van der Waals surface area contributed by atoms with Crippen molar-refractivity contribution in [1.29, 1.82) is 0 Å². The molecule has 108 valence electrons. The number of rotatable bonds is 4. The molecule has 2 rings (SSSR count). The lowest BCUT2D eigenvalue weighted by molar-refractivity contribution is -0.147. The summed E-state index contributed by atoms with van der Waals surface area (Å²) < 4.78 is 0. The van der Waals surface area contributed by atoms with E-state index in [0.717, 1.165) is 12.0 Å². The minimum Gasteiger partial charge on any atom is -0.481 e. The number of hydrogen-bond acceptors (Lipinski definition) is 3. The molecule has 1 aromatic carbocycles. The molecule has 1 saturated heterocycles. The first-order chi connectivity index (χ1) is 9.46. The maximum absolute atomic E-state index is 12.3. The van der Waals surface area contributed by atoms with Gasteiger partial charge >= 0.3 is 5.97 Å². The van der Waals surface area contributed by atoms with Crippen molar-refractivity contribution >= 4 is 11.9 Å². The number of carbonyl (C=O) groups excluding carboxylic acids is 1. The Kier molecular flexibility index (Phi) is 4.09. The van der Waals surface area contributed by atoms with Crippen molar-refractivity contribution in [1.82, 2.24) is 4.90 Å². The minimum absolute atomic E-state index is 0.103. The predicted molar refractivity (Wildman–Crippen MR) is 75.5 cm³/mol. The summed E-state index contributed by atoms with van der Waals surface area (Å²) in [5, 5.41) is 9.19. The van der Waals surface area contributed by atoms with E-state index in [4.69, 9.17) is 5.73 Å². The Morgan fingerprint density at radius 2 is 2.00 bits per heavy atom. The number of carbonyl (C=O) groups is 2. The number of nitrogens with two attached hydrogens (primary N) is 1. The van der Waals surface area contributed by atoms with E-state index in [2.05, 4.69) is 0 Å². The fraction of sp³-hybridized carbons (Fsp3) is 0.467. The molecule has 1 aliphatic heterocycles. The molecule has 5 heteroatoms. The van der Waals surface area contributed by atoms with E-state index in [1.165, 1.54) is 0 Å². The van der Waals surface area contributed by atoms with Gasteiger partial charge in [0.05, 0.1) is 5.41 Å². The fourth-order valence-electron chi connectivity index (χ4n) is 2.47. The molecule has 1 fully saturated rings. The summed E-state index contributed by atoms with van der Waals surface area (Å²) in [7, 11) is 0. The topological polar surface area (TPSA) is 83.6 Å². The molecule has 0 saturated carbocycles. The van der Waals surface area contributed by atoms with Gasteiger partial charge in [0.1, 0.15) is 0 Å². The van der Waals surface area contributed by atoms with Crippen LogP contribution in [0.15, 0.2) is 24.3 Å². The van der Waals surface area contributed by atoms with Crippen LogP contribution in [0.3, 0.4) is 0 Å². The molecule has 3 N–H and O–H groups in total. The highest BCUT2D eigenvalue weighted by Gasteiger charge is 2.42. The molecule has 0 aliphatic carbocycles. The highest BCUT2D eigenvalue weighted by molar-refractivity contribution is 5.95. The molecular weight excluding hydrogens is 256 g/mol. The second kappa shape index (κ2) is 5.63. The third kappa shape index (κ3) is 2.82. The van der Waals surface area contributed by atoms with Gasteiger partial charge < -0.3 is 15.7 Å². The van der Waals surface area contributed by atoms with Gasteiger partial charge in [-0.05, 0) is 44.0 Å². The predicted octanol–water partition coefficient (Wildman–Crippen LogP) is 1.12. The minimum atomic E-state index is -0.842. The molecule has 1 aliphatic rings. The zero-order valence-electron chi connectivity index (χ0n) is 11.6. The van der Waals surface area contributed by atoms with Crippen LogP contribution >= 0.6 is 0 Å². The van der Waals surface area contributed by atoms with Gasteiger partial charge in [0.2, 0.25) is 0 Å². The van der Waals surface area contributed by atoms with Crippen molar-refractivity contribution in [3.63, 3.8) is 0 Å². The second-order valence-corrected chi connectivity index (χ2v) is 5.58. The summed E-state index contributed by atoms with van der Waals surface area (Å²) in [5.74, 6) is -0.944. The van der Waals surface area contributed by atoms with Crippen molar-refractivity contribution in [3.8, 4) is 0 Å². The Morgan fingerprint density at radius 3 is 2.50 bits per heavy atom. The average molecular weight is 276 g/mol. The molecule has 0 radical (unpaired) electrons. The SMILES string of the molecule is CC1(C(=O)O)CCN(C(=O)c2ccc(CCN)cc2)C1. The van der Waals surface area contributed by atoms with E-state index < -0.39 is 11.4 Å². The zero-order chi connectivity index (χ0) is 14.8. The summed E-state index contributed by atoms with van der Waals surface area (Å²) in [4.78, 5) is 25.1. The molecule has 20 heavy (non-hydrogen) atoms. The van der Waals surface area contributed by atoms with Crippen LogP contribution in [0.5, 0.6) is 0 Å². The largest absolute Gasteiger partial charge is 0.481 e. The van der Waals surface area contributed by atoms with Crippen LogP contribution < -0.4 is 5.73 Å². The zero-order valence-corrected chi connectivity index (χ0v) is 11.6. The van der Waals surface area contributed by atoms with Crippen LogP contribution in [0, 0.1) is 5.41 Å². The van der Waals surface area contributed by atoms with Crippen LogP contribution in [-0.4, -0.2) is 41.5 Å². The first kappa shape index (κ1) is 14.5. The fourth-order valence-corrected chi connectivity index (χ4v) is 2.47. The number of nitrogens with zero attached hydrogens (tertiary/aromatic N) is 1. The summed E-state index contributed by atoms with van der Waals surface area (Å²) in [6.07, 6.45) is 1.29. The van der Waals surface area contributed by atoms with E-state index in [1.807, 2.05) is 12.1 Å². The van der Waals surface area contributed by atoms with Crippen LogP contribution in [-0.2, 0) is 11.2 Å². The monoisotopic (exact) mass is 276 g/mol. The van der Waals surface area contributed by atoms with E-state index in [-0.39, 0.29) is 12.5 Å². The van der Waals surface area contributed by atoms with Gasteiger partial charge in [-0.3, -0.25) is 9.59 Å². The summed E-state index contributed by atoms with van der Waals surface area (Å²) in [5.41, 5.74) is 6.36. The number of benzene rings is 1. The van der Waals surface area contributed by atoms with Crippen LogP contribution in [0.4, 0.5) is 0 Å². The van der Waals surface area contributed by atoms with Gasteiger partial charge in [0.25, 0.3) is 5.91 Å². The van der Waals surface area contributed by atoms with Gasteiger partial charge in [-0.25, -0.2) is 0 Å². The lowest BCUT2D eigenvalue weighted by atomic mass is 9.90. The standard InChI is InChI=1S/C15H20N2O3/c1-15(14(19)20)7-9-17(10-15)13(18)12-4-2-11(3-5-12)6-8-16/h2-5H,6-10,16H2,1H3,(H,19,20). The molecule has 1 aromatic rings. The van der Waals surface area contributed by atoms with Gasteiger partial charge in [0.15, 0.2) is 0 Å². The van der Waals surface area contributed by atoms with Crippen LogP contribution in [0.25, 0.3) is 0 Å². The highest BCUT2D eigenvalue weighted by Crippen LogP contribution is 2.30. The molecular formula is C15H20N2O3. The highest BCUT2D eigenvalue weighted by atomic mass is 16.4. The van der Waals surface area contributed by atoms with E-state index >= 15 is 0 Å². The van der Waals surface area contributed by atoms with Crippen molar-refractivity contribution < 1.29 is 14.7 Å². The Bertz CT molecular complexity index is 512. The smallest absolute Gasteiger partial charge is 0.311 e. The third-order valence-corrected chi connectivity index (χ3v) is 3.91. The average Bonchev–Trinajstić information content (AvgIpc) is 2.83. The summed E-state index contributed by atoms with van der Waals surface area (Å²) >= 11 is 0. The van der Waals surface area contributed by atoms with Gasteiger partial charge in [0, 0.05) is 18.7 Å². The van der Waals surface area contributed by atoms with Crippen molar-refractivity contribution in [2.75, 3.05) is 19.6 Å². The van der Waals surface area contributed by atoms with Crippen molar-refractivity contribution in [2.24, 2.45) is 11.1 Å². The van der Waals surface area contributed by atoms with Gasteiger partial charge in [-0.1, -0.05) is 12.1 Å². The van der Waals surface area contributed by atoms with Gasteiger partial charge in [-0.15, -0.1) is 0 Å².